The van der Waals surface area contributed by atoms with E-state index in [1.165, 1.54) is 0 Å². The van der Waals surface area contributed by atoms with Crippen molar-refractivity contribution in [1.82, 2.24) is 0 Å². The van der Waals surface area contributed by atoms with E-state index in [9.17, 15) is 4.79 Å². The lowest BCUT2D eigenvalue weighted by Crippen LogP contribution is -1.93. The summed E-state index contributed by atoms with van der Waals surface area (Å²) in [6.45, 7) is 5.85. The molecule has 66 valence electrons. The van der Waals surface area contributed by atoms with Crippen LogP contribution in [0.4, 0.5) is 0 Å². The molecule has 0 rings (SSSR count). The molecular weight excluding hydrogens is 152 g/mol. The number of rotatable bonds is 6. The highest BCUT2D eigenvalue weighted by molar-refractivity contribution is 5.49. The van der Waals surface area contributed by atoms with Gasteiger partial charge in [0.1, 0.15) is 12.0 Å². The third kappa shape index (κ3) is 5.47. The average Bonchev–Trinajstić information content (AvgIpc) is 2.11. The van der Waals surface area contributed by atoms with Gasteiger partial charge in [-0.15, -0.1) is 0 Å². The third-order valence-corrected chi connectivity index (χ3v) is 1.19. The molecule has 0 saturated carbocycles. The second-order valence-electron chi connectivity index (χ2n) is 2.09. The van der Waals surface area contributed by atoms with Gasteiger partial charge < -0.3 is 9.53 Å². The Morgan fingerprint density at radius 2 is 2.33 bits per heavy atom. The number of ether oxygens (including phenoxy) is 1. The standard InChI is InChI=1S/C10H14O2/c1-3-5-7-10(4-2)12-9-6-8-11/h3-5,7-8H,1,6,9H2,2H3/b7-5-,10-4+. The van der Waals surface area contributed by atoms with Crippen molar-refractivity contribution in [3.63, 3.8) is 0 Å². The predicted octanol–water partition coefficient (Wildman–Crippen LogP) is 2.24. The fourth-order valence-electron chi connectivity index (χ4n) is 0.615. The van der Waals surface area contributed by atoms with Gasteiger partial charge >= 0.3 is 0 Å². The fraction of sp³-hybridized carbons (Fsp3) is 0.300. The second kappa shape index (κ2) is 7.79. The molecule has 0 N–H and O–H groups in total. The molecule has 0 aliphatic rings. The Bertz CT molecular complexity index is 190. The summed E-state index contributed by atoms with van der Waals surface area (Å²) in [6, 6.07) is 0. The average molecular weight is 166 g/mol. The highest BCUT2D eigenvalue weighted by atomic mass is 16.5. The minimum absolute atomic E-state index is 0.430. The third-order valence-electron chi connectivity index (χ3n) is 1.19. The maximum Gasteiger partial charge on any atom is 0.123 e. The van der Waals surface area contributed by atoms with Gasteiger partial charge in [0.2, 0.25) is 0 Å². The first kappa shape index (κ1) is 10.7. The number of allylic oxidation sites excluding steroid dienone is 4. The first-order valence-corrected chi connectivity index (χ1v) is 3.87. The largest absolute Gasteiger partial charge is 0.493 e. The van der Waals surface area contributed by atoms with Crippen LogP contribution in [0.1, 0.15) is 13.3 Å². The zero-order chi connectivity index (χ0) is 9.23. The van der Waals surface area contributed by atoms with E-state index in [-0.39, 0.29) is 0 Å². The second-order valence-corrected chi connectivity index (χ2v) is 2.09. The SMILES string of the molecule is C=C/C=C\C(=C/C)OCCC=O. The molecule has 0 atom stereocenters. The predicted molar refractivity (Wildman–Crippen MR) is 49.7 cm³/mol. The van der Waals surface area contributed by atoms with Gasteiger partial charge in [0.15, 0.2) is 0 Å². The Morgan fingerprint density at radius 1 is 1.58 bits per heavy atom. The van der Waals surface area contributed by atoms with E-state index in [4.69, 9.17) is 4.74 Å². The normalized spacial score (nSPS) is 11.6. The van der Waals surface area contributed by atoms with Gasteiger partial charge in [-0.25, -0.2) is 0 Å². The van der Waals surface area contributed by atoms with E-state index in [0.29, 0.717) is 13.0 Å². The van der Waals surface area contributed by atoms with Crippen molar-refractivity contribution in [2.45, 2.75) is 13.3 Å². The van der Waals surface area contributed by atoms with E-state index >= 15 is 0 Å². The Labute approximate surface area is 73.2 Å². The first-order chi connectivity index (χ1) is 5.85. The molecule has 0 radical (unpaired) electrons. The van der Waals surface area contributed by atoms with Crippen LogP contribution < -0.4 is 0 Å². The van der Waals surface area contributed by atoms with Crippen LogP contribution >= 0.6 is 0 Å². The van der Waals surface area contributed by atoms with Crippen LogP contribution in [0.15, 0.2) is 36.6 Å². The zero-order valence-electron chi connectivity index (χ0n) is 7.32. The number of hydrogen-bond acceptors (Lipinski definition) is 2. The summed E-state index contributed by atoms with van der Waals surface area (Å²) in [7, 11) is 0. The van der Waals surface area contributed by atoms with Gasteiger partial charge in [0, 0.05) is 6.42 Å². The van der Waals surface area contributed by atoms with Crippen LogP contribution in [-0.2, 0) is 9.53 Å². The summed E-state index contributed by atoms with van der Waals surface area (Å²) in [4.78, 5) is 9.96. The summed E-state index contributed by atoms with van der Waals surface area (Å²) in [5.74, 6) is 0.761. The fourth-order valence-corrected chi connectivity index (χ4v) is 0.615. The van der Waals surface area contributed by atoms with Crippen molar-refractivity contribution < 1.29 is 9.53 Å². The number of carbonyl (C=O) groups excluding carboxylic acids is 1. The molecular formula is C10H14O2. The number of hydrogen-bond donors (Lipinski definition) is 0. The number of carbonyl (C=O) groups is 1. The topological polar surface area (TPSA) is 26.3 Å². The van der Waals surface area contributed by atoms with Crippen molar-refractivity contribution >= 4 is 6.29 Å². The number of aldehydes is 1. The minimum Gasteiger partial charge on any atom is -0.493 e. The summed E-state index contributed by atoms with van der Waals surface area (Å²) in [5, 5.41) is 0. The van der Waals surface area contributed by atoms with Crippen LogP contribution in [0.5, 0.6) is 0 Å². The molecule has 0 aromatic heterocycles. The molecule has 0 saturated heterocycles. The van der Waals surface area contributed by atoms with E-state index in [1.807, 2.05) is 13.0 Å². The monoisotopic (exact) mass is 166 g/mol. The van der Waals surface area contributed by atoms with E-state index in [2.05, 4.69) is 6.58 Å². The molecule has 0 spiro atoms. The molecule has 12 heavy (non-hydrogen) atoms. The molecule has 0 unspecified atom stereocenters. The summed E-state index contributed by atoms with van der Waals surface area (Å²) in [5.41, 5.74) is 0. The Balaban J connectivity index is 3.76. The van der Waals surface area contributed by atoms with Crippen LogP contribution in [0.2, 0.25) is 0 Å². The van der Waals surface area contributed by atoms with Gasteiger partial charge in [0.05, 0.1) is 6.61 Å². The summed E-state index contributed by atoms with van der Waals surface area (Å²) < 4.78 is 5.23. The molecule has 0 heterocycles. The van der Waals surface area contributed by atoms with Crippen molar-refractivity contribution in [2.24, 2.45) is 0 Å². The molecule has 0 aromatic carbocycles. The van der Waals surface area contributed by atoms with Crippen molar-refractivity contribution in [2.75, 3.05) is 6.61 Å². The maximum atomic E-state index is 9.96. The molecule has 0 aromatic rings. The van der Waals surface area contributed by atoms with Crippen molar-refractivity contribution in [3.8, 4) is 0 Å². The molecule has 0 bridgehead atoms. The van der Waals surface area contributed by atoms with E-state index < -0.39 is 0 Å². The van der Waals surface area contributed by atoms with E-state index in [1.54, 1.807) is 18.2 Å². The smallest absolute Gasteiger partial charge is 0.123 e. The van der Waals surface area contributed by atoms with Crippen LogP contribution in [0.3, 0.4) is 0 Å². The lowest BCUT2D eigenvalue weighted by molar-refractivity contribution is -0.108. The summed E-state index contributed by atoms with van der Waals surface area (Å²) >= 11 is 0. The van der Waals surface area contributed by atoms with E-state index in [0.717, 1.165) is 12.0 Å². The van der Waals surface area contributed by atoms with Gasteiger partial charge in [-0.05, 0) is 19.1 Å². The first-order valence-electron chi connectivity index (χ1n) is 3.87. The zero-order valence-corrected chi connectivity index (χ0v) is 7.32. The van der Waals surface area contributed by atoms with Gasteiger partial charge in [-0.3, -0.25) is 0 Å². The molecule has 0 aliphatic heterocycles. The summed E-state index contributed by atoms with van der Waals surface area (Å²) in [6.07, 6.45) is 8.37. The maximum absolute atomic E-state index is 9.96. The lowest BCUT2D eigenvalue weighted by Gasteiger charge is -2.02. The van der Waals surface area contributed by atoms with Crippen LogP contribution in [0, 0.1) is 0 Å². The van der Waals surface area contributed by atoms with Crippen molar-refractivity contribution in [3.05, 3.63) is 36.6 Å². The molecule has 2 heteroatoms. The molecule has 2 nitrogen and oxygen atoms in total. The van der Waals surface area contributed by atoms with Crippen molar-refractivity contribution in [1.29, 1.82) is 0 Å². The molecule has 0 aliphatic carbocycles. The Kier molecular flexibility index (Phi) is 6.94. The quantitative estimate of drug-likeness (QED) is 0.262. The highest BCUT2D eigenvalue weighted by Gasteiger charge is 1.89. The highest BCUT2D eigenvalue weighted by Crippen LogP contribution is 1.99. The Hall–Kier alpha value is -1.31. The van der Waals surface area contributed by atoms with Gasteiger partial charge in [0.25, 0.3) is 0 Å². The molecule has 0 fully saturated rings. The lowest BCUT2D eigenvalue weighted by atomic mass is 10.4. The molecule has 0 amide bonds. The van der Waals surface area contributed by atoms with Crippen LogP contribution in [0.25, 0.3) is 0 Å². The van der Waals surface area contributed by atoms with Gasteiger partial charge in [-0.2, -0.15) is 0 Å². The van der Waals surface area contributed by atoms with Gasteiger partial charge in [-0.1, -0.05) is 18.7 Å². The Morgan fingerprint density at radius 3 is 2.83 bits per heavy atom. The minimum atomic E-state index is 0.430. The van der Waals surface area contributed by atoms with Crippen LogP contribution in [-0.4, -0.2) is 12.9 Å².